The van der Waals surface area contributed by atoms with E-state index >= 15 is 0 Å². The molecule has 126 valence electrons. The highest BCUT2D eigenvalue weighted by Gasteiger charge is 2.38. The zero-order valence-electron chi connectivity index (χ0n) is 12.5. The first-order valence-corrected chi connectivity index (χ1v) is 7.79. The number of aryl methyl sites for hydroxylation is 1. The third-order valence-electron chi connectivity index (χ3n) is 3.22. The molecule has 0 saturated carbocycles. The molecule has 3 aromatic rings. The van der Waals surface area contributed by atoms with E-state index in [1.165, 1.54) is 0 Å². The van der Waals surface area contributed by atoms with Crippen LogP contribution in [-0.2, 0) is 12.6 Å². The minimum Gasteiger partial charge on any atom is -0.352 e. The predicted molar refractivity (Wildman–Crippen MR) is 80.9 cm³/mol. The van der Waals surface area contributed by atoms with Gasteiger partial charge in [-0.25, -0.2) is 0 Å². The summed E-state index contributed by atoms with van der Waals surface area (Å²) in [6.07, 6.45) is -4.30. The monoisotopic (exact) mass is 355 g/mol. The number of carbonyl (C=O) groups excluding carboxylic acids is 1. The molecule has 0 aliphatic carbocycles. The van der Waals surface area contributed by atoms with E-state index in [0.29, 0.717) is 21.5 Å². The van der Waals surface area contributed by atoms with Crippen molar-refractivity contribution >= 4 is 22.2 Å². The number of hydrogen-bond donors (Lipinski definition) is 1. The molecule has 1 amide bonds. The van der Waals surface area contributed by atoms with Gasteiger partial charge in [-0.3, -0.25) is 4.79 Å². The molecule has 10 heteroatoms. The predicted octanol–water partition coefficient (Wildman–Crippen LogP) is 2.49. The lowest BCUT2D eigenvalue weighted by atomic mass is 10.1. The SMILES string of the molecule is Cc1ccc(C(=O)NCCc2nn3c(C(F)(F)F)nnc3s2)cc1. The van der Waals surface area contributed by atoms with Crippen molar-refractivity contribution in [3.63, 3.8) is 0 Å². The fraction of sp³-hybridized carbons (Fsp3) is 0.286. The summed E-state index contributed by atoms with van der Waals surface area (Å²) in [7, 11) is 0. The molecule has 0 fully saturated rings. The minimum atomic E-state index is -4.61. The van der Waals surface area contributed by atoms with Crippen LogP contribution in [0, 0.1) is 6.92 Å². The van der Waals surface area contributed by atoms with Crippen molar-refractivity contribution in [3.8, 4) is 0 Å². The summed E-state index contributed by atoms with van der Waals surface area (Å²) in [5.41, 5.74) is 1.57. The van der Waals surface area contributed by atoms with E-state index in [2.05, 4.69) is 20.6 Å². The molecule has 6 nitrogen and oxygen atoms in total. The number of amides is 1. The van der Waals surface area contributed by atoms with Gasteiger partial charge >= 0.3 is 6.18 Å². The molecule has 0 radical (unpaired) electrons. The second-order valence-electron chi connectivity index (χ2n) is 5.08. The molecule has 2 aromatic heterocycles. The highest BCUT2D eigenvalue weighted by atomic mass is 32.1. The lowest BCUT2D eigenvalue weighted by Crippen LogP contribution is -2.25. The maximum atomic E-state index is 12.7. The lowest BCUT2D eigenvalue weighted by Gasteiger charge is -2.04. The van der Waals surface area contributed by atoms with Gasteiger partial charge in [0.15, 0.2) is 0 Å². The molecule has 0 saturated heterocycles. The van der Waals surface area contributed by atoms with Gasteiger partial charge in [-0.15, -0.1) is 10.2 Å². The first kappa shape index (κ1) is 16.4. The maximum absolute atomic E-state index is 12.7. The Balaban J connectivity index is 1.63. The Morgan fingerprint density at radius 2 is 1.96 bits per heavy atom. The van der Waals surface area contributed by atoms with Crippen LogP contribution in [0.1, 0.15) is 26.8 Å². The average Bonchev–Trinajstić information content (AvgIpc) is 3.06. The van der Waals surface area contributed by atoms with E-state index in [9.17, 15) is 18.0 Å². The van der Waals surface area contributed by atoms with E-state index in [1.54, 1.807) is 12.1 Å². The molecular formula is C14H12F3N5OS. The van der Waals surface area contributed by atoms with Crippen molar-refractivity contribution in [1.82, 2.24) is 25.1 Å². The van der Waals surface area contributed by atoms with E-state index in [0.717, 1.165) is 16.9 Å². The topological polar surface area (TPSA) is 72.2 Å². The van der Waals surface area contributed by atoms with Crippen molar-refractivity contribution in [2.75, 3.05) is 6.54 Å². The van der Waals surface area contributed by atoms with Crippen LogP contribution in [0.3, 0.4) is 0 Å². The molecule has 0 spiro atoms. The fourth-order valence-corrected chi connectivity index (χ4v) is 2.86. The molecule has 0 atom stereocenters. The Kier molecular flexibility index (Phi) is 4.22. The number of aromatic nitrogens is 4. The Morgan fingerprint density at radius 1 is 1.25 bits per heavy atom. The zero-order chi connectivity index (χ0) is 17.3. The van der Waals surface area contributed by atoms with Gasteiger partial charge in [0, 0.05) is 18.5 Å². The Bertz CT molecular complexity index is 869. The number of alkyl halides is 3. The van der Waals surface area contributed by atoms with Crippen LogP contribution in [0.5, 0.6) is 0 Å². The summed E-state index contributed by atoms with van der Waals surface area (Å²) >= 11 is 1.01. The van der Waals surface area contributed by atoms with E-state index in [-0.39, 0.29) is 17.4 Å². The second-order valence-corrected chi connectivity index (χ2v) is 6.12. The van der Waals surface area contributed by atoms with Crippen LogP contribution in [-0.4, -0.2) is 32.3 Å². The molecule has 0 aliphatic heterocycles. The normalized spacial score (nSPS) is 11.8. The first-order valence-electron chi connectivity index (χ1n) is 6.98. The van der Waals surface area contributed by atoms with E-state index < -0.39 is 12.0 Å². The highest BCUT2D eigenvalue weighted by Crippen LogP contribution is 2.28. The maximum Gasteiger partial charge on any atom is 0.453 e. The van der Waals surface area contributed by atoms with Gasteiger partial charge in [0.1, 0.15) is 5.01 Å². The van der Waals surface area contributed by atoms with Crippen LogP contribution in [0.2, 0.25) is 0 Å². The lowest BCUT2D eigenvalue weighted by molar-refractivity contribution is -0.146. The zero-order valence-corrected chi connectivity index (χ0v) is 13.3. The summed E-state index contributed by atoms with van der Waals surface area (Å²) in [5.74, 6) is -1.39. The van der Waals surface area contributed by atoms with Crippen LogP contribution in [0.25, 0.3) is 4.96 Å². The van der Waals surface area contributed by atoms with Gasteiger partial charge < -0.3 is 5.32 Å². The number of hydrogen-bond acceptors (Lipinski definition) is 5. The summed E-state index contributed by atoms with van der Waals surface area (Å²) in [6.45, 7) is 2.18. The molecule has 0 bridgehead atoms. The van der Waals surface area contributed by atoms with Crippen LogP contribution in [0.4, 0.5) is 13.2 Å². The molecule has 0 unspecified atom stereocenters. The standard InChI is InChI=1S/C14H12F3N5OS/c1-8-2-4-9(5-3-8)11(23)18-7-6-10-21-22-12(14(15,16)17)19-20-13(22)24-10/h2-5H,6-7H2,1H3,(H,18,23). The third-order valence-corrected chi connectivity index (χ3v) is 4.18. The molecule has 24 heavy (non-hydrogen) atoms. The van der Waals surface area contributed by atoms with Crippen molar-refractivity contribution in [2.24, 2.45) is 0 Å². The van der Waals surface area contributed by atoms with Crippen LogP contribution in [0.15, 0.2) is 24.3 Å². The van der Waals surface area contributed by atoms with Crippen molar-refractivity contribution < 1.29 is 18.0 Å². The van der Waals surface area contributed by atoms with Crippen LogP contribution >= 0.6 is 11.3 Å². The largest absolute Gasteiger partial charge is 0.453 e. The number of halogens is 3. The number of nitrogens with one attached hydrogen (secondary N) is 1. The van der Waals surface area contributed by atoms with Crippen molar-refractivity contribution in [1.29, 1.82) is 0 Å². The van der Waals surface area contributed by atoms with Crippen molar-refractivity contribution in [3.05, 3.63) is 46.2 Å². The third kappa shape index (κ3) is 3.37. The summed E-state index contributed by atoms with van der Waals surface area (Å²) < 4.78 is 38.8. The summed E-state index contributed by atoms with van der Waals surface area (Å²) in [5, 5.41) is 13.6. The Labute approximate surface area is 138 Å². The number of benzene rings is 1. The Morgan fingerprint density at radius 3 is 2.62 bits per heavy atom. The number of fused-ring (bicyclic) bond motifs is 1. The fourth-order valence-electron chi connectivity index (χ4n) is 2.02. The van der Waals surface area contributed by atoms with Gasteiger partial charge in [0.25, 0.3) is 11.7 Å². The van der Waals surface area contributed by atoms with Gasteiger partial charge in [-0.2, -0.15) is 22.8 Å². The Hall–Kier alpha value is -2.49. The molecule has 0 aliphatic rings. The highest BCUT2D eigenvalue weighted by molar-refractivity contribution is 7.16. The molecular weight excluding hydrogens is 343 g/mol. The van der Waals surface area contributed by atoms with Gasteiger partial charge in [-0.05, 0) is 19.1 Å². The first-order chi connectivity index (χ1) is 11.3. The molecule has 1 aromatic carbocycles. The van der Waals surface area contributed by atoms with Crippen LogP contribution < -0.4 is 5.32 Å². The molecule has 2 heterocycles. The smallest absolute Gasteiger partial charge is 0.352 e. The van der Waals surface area contributed by atoms with Gasteiger partial charge in [0.05, 0.1) is 0 Å². The summed E-state index contributed by atoms with van der Waals surface area (Å²) in [4.78, 5) is 12.0. The quantitative estimate of drug-likeness (QED) is 0.780. The van der Waals surface area contributed by atoms with Gasteiger partial charge in [-0.1, -0.05) is 29.0 Å². The number of nitrogens with zero attached hydrogens (tertiary/aromatic N) is 4. The average molecular weight is 355 g/mol. The molecule has 3 rings (SSSR count). The number of carbonyl (C=O) groups is 1. The van der Waals surface area contributed by atoms with E-state index in [1.807, 2.05) is 19.1 Å². The van der Waals surface area contributed by atoms with Gasteiger partial charge in [0.2, 0.25) is 4.96 Å². The molecule has 1 N–H and O–H groups in total. The minimum absolute atomic E-state index is 0.0715. The summed E-state index contributed by atoms with van der Waals surface area (Å²) in [6, 6.07) is 7.08. The second kappa shape index (κ2) is 6.19. The van der Waals surface area contributed by atoms with E-state index in [4.69, 9.17) is 0 Å². The number of rotatable bonds is 4. The van der Waals surface area contributed by atoms with Crippen molar-refractivity contribution in [2.45, 2.75) is 19.5 Å².